The van der Waals surface area contributed by atoms with E-state index in [1.807, 2.05) is 4.90 Å². The Morgan fingerprint density at radius 1 is 1.33 bits per heavy atom. The highest BCUT2D eigenvalue weighted by Crippen LogP contribution is 2.09. The minimum absolute atomic E-state index is 0.0543. The first kappa shape index (κ1) is 14.9. The van der Waals surface area contributed by atoms with Gasteiger partial charge >= 0.3 is 0 Å². The summed E-state index contributed by atoms with van der Waals surface area (Å²) in [5, 5.41) is 2.90. The molecular weight excluding hydrogens is 236 g/mol. The van der Waals surface area contributed by atoms with Gasteiger partial charge in [-0.3, -0.25) is 14.5 Å². The van der Waals surface area contributed by atoms with Crippen LogP contribution in [-0.2, 0) is 14.3 Å². The molecule has 1 aliphatic heterocycles. The third kappa shape index (κ3) is 5.95. The van der Waals surface area contributed by atoms with Crippen LogP contribution in [0.15, 0.2) is 0 Å². The molecule has 0 spiro atoms. The number of hydrogen-bond acceptors (Lipinski definition) is 5. The van der Waals surface area contributed by atoms with Crippen molar-refractivity contribution in [1.29, 1.82) is 0 Å². The number of carbonyl (C=O) groups is 2. The van der Waals surface area contributed by atoms with Crippen molar-refractivity contribution in [2.75, 3.05) is 39.4 Å². The van der Waals surface area contributed by atoms with Crippen molar-refractivity contribution in [2.45, 2.75) is 18.9 Å². The van der Waals surface area contributed by atoms with E-state index in [0.29, 0.717) is 19.7 Å². The number of piperidine rings is 1. The number of rotatable bonds is 7. The highest BCUT2D eigenvalue weighted by molar-refractivity contribution is 5.77. The van der Waals surface area contributed by atoms with E-state index in [2.05, 4.69) is 5.32 Å². The zero-order valence-corrected chi connectivity index (χ0v) is 10.6. The second kappa shape index (κ2) is 8.02. The topological polar surface area (TPSA) is 111 Å². The summed E-state index contributed by atoms with van der Waals surface area (Å²) in [6.45, 7) is 2.71. The average Bonchev–Trinajstić information content (AvgIpc) is 2.31. The lowest BCUT2D eigenvalue weighted by Gasteiger charge is -2.31. The number of hydrogen-bond donors (Lipinski definition) is 3. The van der Waals surface area contributed by atoms with Gasteiger partial charge in [0.15, 0.2) is 0 Å². The lowest BCUT2D eigenvalue weighted by molar-refractivity contribution is -0.127. The minimum Gasteiger partial charge on any atom is -0.370 e. The number of nitrogens with one attached hydrogen (secondary N) is 1. The Morgan fingerprint density at radius 3 is 2.56 bits per heavy atom. The Kier molecular flexibility index (Phi) is 6.63. The smallest absolute Gasteiger partial charge is 0.246 e. The predicted octanol–water partition coefficient (Wildman–Crippen LogP) is -1.97. The minimum atomic E-state index is -0.312. The largest absolute Gasteiger partial charge is 0.370 e. The maximum absolute atomic E-state index is 11.5. The van der Waals surface area contributed by atoms with Crippen LogP contribution in [0.3, 0.4) is 0 Å². The molecule has 0 bridgehead atoms. The standard InChI is InChI=1S/C11H22N4O3/c12-3-6-18-8-11(17)14-9-1-4-15(5-2-9)7-10(13)16/h9H,1-8,12H2,(H2,13,16)(H,14,17). The quantitative estimate of drug-likeness (QED) is 0.459. The molecule has 1 aliphatic rings. The molecule has 104 valence electrons. The van der Waals surface area contributed by atoms with Gasteiger partial charge in [0.25, 0.3) is 0 Å². The number of primary amides is 1. The van der Waals surface area contributed by atoms with Crippen molar-refractivity contribution < 1.29 is 14.3 Å². The SMILES string of the molecule is NCCOCC(=O)NC1CCN(CC(N)=O)CC1. The van der Waals surface area contributed by atoms with Crippen LogP contribution in [0.25, 0.3) is 0 Å². The second-order valence-corrected chi connectivity index (χ2v) is 4.43. The Hall–Kier alpha value is -1.18. The molecule has 0 atom stereocenters. The summed E-state index contributed by atoms with van der Waals surface area (Å²) in [4.78, 5) is 24.2. The molecule has 7 nitrogen and oxygen atoms in total. The molecule has 7 heteroatoms. The van der Waals surface area contributed by atoms with Gasteiger partial charge in [0.05, 0.1) is 13.2 Å². The van der Waals surface area contributed by atoms with E-state index in [1.54, 1.807) is 0 Å². The molecule has 1 rings (SSSR count). The molecule has 0 saturated carbocycles. The third-order valence-electron chi connectivity index (χ3n) is 2.83. The Bertz CT molecular complexity index is 277. The molecule has 0 aromatic rings. The average molecular weight is 258 g/mol. The molecule has 0 aromatic carbocycles. The van der Waals surface area contributed by atoms with Crippen molar-refractivity contribution in [3.63, 3.8) is 0 Å². The van der Waals surface area contributed by atoms with Crippen LogP contribution in [0.4, 0.5) is 0 Å². The van der Waals surface area contributed by atoms with Crippen LogP contribution in [0.2, 0.25) is 0 Å². The molecule has 0 radical (unpaired) electrons. The summed E-state index contributed by atoms with van der Waals surface area (Å²) in [7, 11) is 0. The van der Waals surface area contributed by atoms with Crippen LogP contribution in [0.5, 0.6) is 0 Å². The van der Waals surface area contributed by atoms with Gasteiger partial charge in [-0.2, -0.15) is 0 Å². The van der Waals surface area contributed by atoms with Gasteiger partial charge in [-0.15, -0.1) is 0 Å². The highest BCUT2D eigenvalue weighted by atomic mass is 16.5. The van der Waals surface area contributed by atoms with Crippen LogP contribution >= 0.6 is 0 Å². The normalized spacial score (nSPS) is 17.6. The first-order chi connectivity index (χ1) is 8.61. The third-order valence-corrected chi connectivity index (χ3v) is 2.83. The molecule has 0 unspecified atom stereocenters. The van der Waals surface area contributed by atoms with Crippen LogP contribution in [-0.4, -0.2) is 62.1 Å². The van der Waals surface area contributed by atoms with Gasteiger partial charge in [0.1, 0.15) is 6.61 Å². The number of ether oxygens (including phenoxy) is 1. The van der Waals surface area contributed by atoms with E-state index >= 15 is 0 Å². The van der Waals surface area contributed by atoms with Crippen LogP contribution in [0.1, 0.15) is 12.8 Å². The molecule has 2 amide bonds. The van der Waals surface area contributed by atoms with E-state index in [1.165, 1.54) is 0 Å². The van der Waals surface area contributed by atoms with Gasteiger partial charge < -0.3 is 21.5 Å². The molecule has 18 heavy (non-hydrogen) atoms. The lowest BCUT2D eigenvalue weighted by Crippen LogP contribution is -2.47. The number of nitrogens with two attached hydrogens (primary N) is 2. The molecule has 1 fully saturated rings. The van der Waals surface area contributed by atoms with Gasteiger partial charge in [-0.05, 0) is 12.8 Å². The molecule has 0 aromatic heterocycles. The summed E-state index contributed by atoms with van der Waals surface area (Å²) < 4.78 is 5.05. The van der Waals surface area contributed by atoms with Gasteiger partial charge in [-0.25, -0.2) is 0 Å². The van der Waals surface area contributed by atoms with Gasteiger partial charge in [0.2, 0.25) is 11.8 Å². The van der Waals surface area contributed by atoms with Crippen molar-refractivity contribution in [1.82, 2.24) is 10.2 Å². The fraction of sp³-hybridized carbons (Fsp3) is 0.818. The molecule has 0 aliphatic carbocycles. The summed E-state index contributed by atoms with van der Waals surface area (Å²) in [5.41, 5.74) is 10.4. The van der Waals surface area contributed by atoms with Crippen molar-refractivity contribution >= 4 is 11.8 Å². The van der Waals surface area contributed by atoms with E-state index < -0.39 is 0 Å². The lowest BCUT2D eigenvalue weighted by atomic mass is 10.1. The highest BCUT2D eigenvalue weighted by Gasteiger charge is 2.21. The summed E-state index contributed by atoms with van der Waals surface area (Å²) >= 11 is 0. The molecule has 1 heterocycles. The summed E-state index contributed by atoms with van der Waals surface area (Å²) in [6.07, 6.45) is 1.66. The van der Waals surface area contributed by atoms with E-state index in [4.69, 9.17) is 16.2 Å². The Balaban J connectivity index is 2.14. The number of amides is 2. The fourth-order valence-corrected chi connectivity index (χ4v) is 1.97. The zero-order chi connectivity index (χ0) is 13.4. The summed E-state index contributed by atoms with van der Waals surface area (Å²) in [6, 6.07) is 0.156. The zero-order valence-electron chi connectivity index (χ0n) is 10.6. The predicted molar refractivity (Wildman–Crippen MR) is 66.7 cm³/mol. The maximum Gasteiger partial charge on any atom is 0.246 e. The Labute approximate surface area is 107 Å². The molecule has 1 saturated heterocycles. The monoisotopic (exact) mass is 258 g/mol. The van der Waals surface area contributed by atoms with Crippen molar-refractivity contribution in [2.24, 2.45) is 11.5 Å². The second-order valence-electron chi connectivity index (χ2n) is 4.43. The van der Waals surface area contributed by atoms with Gasteiger partial charge in [0, 0.05) is 25.7 Å². The van der Waals surface area contributed by atoms with Gasteiger partial charge in [-0.1, -0.05) is 0 Å². The molecular formula is C11H22N4O3. The van der Waals surface area contributed by atoms with Crippen LogP contribution in [0, 0.1) is 0 Å². The van der Waals surface area contributed by atoms with Crippen molar-refractivity contribution in [3.05, 3.63) is 0 Å². The first-order valence-electron chi connectivity index (χ1n) is 6.19. The van der Waals surface area contributed by atoms with Crippen molar-refractivity contribution in [3.8, 4) is 0 Å². The number of likely N-dealkylation sites (tertiary alicyclic amines) is 1. The fourth-order valence-electron chi connectivity index (χ4n) is 1.97. The Morgan fingerprint density at radius 2 is 2.00 bits per heavy atom. The number of nitrogens with zero attached hydrogens (tertiary/aromatic N) is 1. The first-order valence-corrected chi connectivity index (χ1v) is 6.19. The summed E-state index contributed by atoms with van der Waals surface area (Å²) in [5.74, 6) is -0.426. The van der Waals surface area contributed by atoms with E-state index in [0.717, 1.165) is 25.9 Å². The molecule has 5 N–H and O–H groups in total. The van der Waals surface area contributed by atoms with E-state index in [9.17, 15) is 9.59 Å². The maximum atomic E-state index is 11.5. The van der Waals surface area contributed by atoms with E-state index in [-0.39, 0.29) is 24.5 Å². The number of carbonyl (C=O) groups excluding carboxylic acids is 2. The van der Waals surface area contributed by atoms with Crippen LogP contribution < -0.4 is 16.8 Å².